The minimum absolute atomic E-state index is 0.0944. The number of carbonyl (C=O) groups excluding carboxylic acids is 2. The standard InChI is InChI=1S/C19H19N3O5/c1-2-27-19(24)12-9-14-7-10-15(11-8-14)21-18(23)13-20-16-5-3-4-6-17(16)22(25)26/h3-12,20H,2,13H2,1H3,(H,21,23). The first-order chi connectivity index (χ1) is 13.0. The summed E-state index contributed by atoms with van der Waals surface area (Å²) in [6.07, 6.45) is 2.94. The van der Waals surface area contributed by atoms with Crippen LogP contribution >= 0.6 is 0 Å². The zero-order chi connectivity index (χ0) is 19.6. The van der Waals surface area contributed by atoms with Gasteiger partial charge in [-0.3, -0.25) is 14.9 Å². The van der Waals surface area contributed by atoms with Gasteiger partial charge in [0.05, 0.1) is 18.1 Å². The molecule has 0 atom stereocenters. The predicted molar refractivity (Wildman–Crippen MR) is 102 cm³/mol. The smallest absolute Gasteiger partial charge is 0.330 e. The van der Waals surface area contributed by atoms with Gasteiger partial charge in [-0.05, 0) is 36.8 Å². The summed E-state index contributed by atoms with van der Waals surface area (Å²) in [6.45, 7) is 1.93. The lowest BCUT2D eigenvalue weighted by molar-refractivity contribution is -0.383. The number of amides is 1. The maximum Gasteiger partial charge on any atom is 0.330 e. The van der Waals surface area contributed by atoms with E-state index >= 15 is 0 Å². The highest BCUT2D eigenvalue weighted by atomic mass is 16.6. The second-order valence-electron chi connectivity index (χ2n) is 5.38. The van der Waals surface area contributed by atoms with Crippen LogP contribution in [0.5, 0.6) is 0 Å². The van der Waals surface area contributed by atoms with Gasteiger partial charge in [-0.25, -0.2) is 4.79 Å². The van der Waals surface area contributed by atoms with Gasteiger partial charge in [0.15, 0.2) is 0 Å². The Morgan fingerprint density at radius 2 is 1.85 bits per heavy atom. The molecule has 2 N–H and O–H groups in total. The number of nitro groups is 1. The number of hydrogen-bond donors (Lipinski definition) is 2. The summed E-state index contributed by atoms with van der Waals surface area (Å²) in [6, 6.07) is 13.0. The minimum Gasteiger partial charge on any atom is -0.463 e. The van der Waals surface area contributed by atoms with Crippen molar-refractivity contribution in [2.75, 3.05) is 23.8 Å². The lowest BCUT2D eigenvalue weighted by Gasteiger charge is -2.08. The number of nitro benzene ring substituents is 1. The average Bonchev–Trinajstić information content (AvgIpc) is 2.66. The normalized spacial score (nSPS) is 10.4. The summed E-state index contributed by atoms with van der Waals surface area (Å²) < 4.78 is 4.79. The van der Waals surface area contributed by atoms with E-state index < -0.39 is 10.9 Å². The molecule has 8 heteroatoms. The van der Waals surface area contributed by atoms with Crippen LogP contribution in [-0.4, -0.2) is 30.0 Å². The van der Waals surface area contributed by atoms with Crippen molar-refractivity contribution in [1.82, 2.24) is 0 Å². The number of para-hydroxylation sites is 2. The molecular weight excluding hydrogens is 350 g/mol. The number of ether oxygens (including phenoxy) is 1. The van der Waals surface area contributed by atoms with E-state index in [9.17, 15) is 19.7 Å². The van der Waals surface area contributed by atoms with Crippen LogP contribution in [0, 0.1) is 10.1 Å². The van der Waals surface area contributed by atoms with E-state index in [2.05, 4.69) is 10.6 Å². The molecule has 2 aromatic carbocycles. The first kappa shape index (κ1) is 19.6. The fourth-order valence-electron chi connectivity index (χ4n) is 2.20. The molecule has 0 saturated carbocycles. The first-order valence-electron chi connectivity index (χ1n) is 8.21. The van der Waals surface area contributed by atoms with Gasteiger partial charge in [-0.1, -0.05) is 24.3 Å². The number of rotatable bonds is 8. The van der Waals surface area contributed by atoms with Crippen molar-refractivity contribution in [3.8, 4) is 0 Å². The number of carbonyl (C=O) groups is 2. The molecular formula is C19H19N3O5. The molecule has 0 aliphatic rings. The molecule has 0 unspecified atom stereocenters. The average molecular weight is 369 g/mol. The summed E-state index contributed by atoms with van der Waals surface area (Å²) in [4.78, 5) is 33.7. The molecule has 0 bridgehead atoms. The highest BCUT2D eigenvalue weighted by molar-refractivity contribution is 5.94. The topological polar surface area (TPSA) is 111 Å². The molecule has 8 nitrogen and oxygen atoms in total. The van der Waals surface area contributed by atoms with Crippen LogP contribution in [0.25, 0.3) is 6.08 Å². The Hall–Kier alpha value is -3.68. The molecule has 0 radical (unpaired) electrons. The van der Waals surface area contributed by atoms with Crippen LogP contribution in [0.1, 0.15) is 12.5 Å². The SMILES string of the molecule is CCOC(=O)C=Cc1ccc(NC(=O)CNc2ccccc2[N+](=O)[O-])cc1. The molecule has 0 heterocycles. The maximum absolute atomic E-state index is 12.0. The van der Waals surface area contributed by atoms with E-state index in [1.165, 1.54) is 18.2 Å². The monoisotopic (exact) mass is 369 g/mol. The maximum atomic E-state index is 12.0. The van der Waals surface area contributed by atoms with E-state index in [4.69, 9.17) is 4.74 Å². The highest BCUT2D eigenvalue weighted by Crippen LogP contribution is 2.22. The van der Waals surface area contributed by atoms with Crippen LogP contribution < -0.4 is 10.6 Å². The van der Waals surface area contributed by atoms with Gasteiger partial charge in [0.25, 0.3) is 5.69 Å². The number of esters is 1. The van der Waals surface area contributed by atoms with Gasteiger partial charge < -0.3 is 15.4 Å². The van der Waals surface area contributed by atoms with E-state index in [0.29, 0.717) is 12.3 Å². The van der Waals surface area contributed by atoms with Crippen molar-refractivity contribution in [3.05, 3.63) is 70.3 Å². The third-order valence-electron chi connectivity index (χ3n) is 3.43. The molecule has 27 heavy (non-hydrogen) atoms. The van der Waals surface area contributed by atoms with Crippen LogP contribution in [0.4, 0.5) is 17.1 Å². The van der Waals surface area contributed by atoms with Crippen LogP contribution in [0.2, 0.25) is 0 Å². The second kappa shape index (κ2) is 9.71. The molecule has 0 aliphatic heterocycles. The lowest BCUT2D eigenvalue weighted by Crippen LogP contribution is -2.22. The third-order valence-corrected chi connectivity index (χ3v) is 3.43. The van der Waals surface area contributed by atoms with E-state index in [1.807, 2.05) is 0 Å². The van der Waals surface area contributed by atoms with Gasteiger partial charge >= 0.3 is 5.97 Å². The number of benzene rings is 2. The van der Waals surface area contributed by atoms with Gasteiger partial charge in [-0.2, -0.15) is 0 Å². The second-order valence-corrected chi connectivity index (χ2v) is 5.38. The lowest BCUT2D eigenvalue weighted by atomic mass is 10.2. The number of nitrogens with zero attached hydrogens (tertiary/aromatic N) is 1. The number of nitrogens with one attached hydrogen (secondary N) is 2. The van der Waals surface area contributed by atoms with Crippen molar-refractivity contribution in [3.63, 3.8) is 0 Å². The Labute approximate surface area is 156 Å². The van der Waals surface area contributed by atoms with Crippen molar-refractivity contribution < 1.29 is 19.2 Å². The van der Waals surface area contributed by atoms with Crippen LogP contribution in [0.15, 0.2) is 54.6 Å². The molecule has 0 aliphatic carbocycles. The Morgan fingerprint density at radius 3 is 2.52 bits per heavy atom. The van der Waals surface area contributed by atoms with Gasteiger partial charge in [0.1, 0.15) is 5.69 Å². The fourth-order valence-corrected chi connectivity index (χ4v) is 2.20. The fraction of sp³-hybridized carbons (Fsp3) is 0.158. The zero-order valence-corrected chi connectivity index (χ0v) is 14.7. The van der Waals surface area contributed by atoms with E-state index in [1.54, 1.807) is 49.4 Å². The Kier molecular flexibility index (Phi) is 7.07. The molecule has 140 valence electrons. The Morgan fingerprint density at radius 1 is 1.15 bits per heavy atom. The van der Waals surface area contributed by atoms with Crippen LogP contribution in [0.3, 0.4) is 0 Å². The first-order valence-corrected chi connectivity index (χ1v) is 8.21. The van der Waals surface area contributed by atoms with Crippen molar-refractivity contribution in [2.24, 2.45) is 0 Å². The molecule has 0 saturated heterocycles. The summed E-state index contributed by atoms with van der Waals surface area (Å²) in [5.41, 5.74) is 1.52. The van der Waals surface area contributed by atoms with Crippen molar-refractivity contribution in [1.29, 1.82) is 0 Å². The Bertz CT molecular complexity index is 847. The van der Waals surface area contributed by atoms with E-state index in [0.717, 1.165) is 5.56 Å². The summed E-state index contributed by atoms with van der Waals surface area (Å²) >= 11 is 0. The Balaban J connectivity index is 1.89. The van der Waals surface area contributed by atoms with E-state index in [-0.39, 0.29) is 23.8 Å². The number of hydrogen-bond acceptors (Lipinski definition) is 6. The molecule has 0 fully saturated rings. The molecule has 0 aromatic heterocycles. The highest BCUT2D eigenvalue weighted by Gasteiger charge is 2.12. The van der Waals surface area contributed by atoms with Crippen molar-refractivity contribution >= 4 is 35.0 Å². The predicted octanol–water partition coefficient (Wildman–Crippen LogP) is 3.22. The number of anilines is 2. The summed E-state index contributed by atoms with van der Waals surface area (Å²) in [5.74, 6) is -0.765. The molecule has 1 amide bonds. The van der Waals surface area contributed by atoms with Crippen LogP contribution in [-0.2, 0) is 14.3 Å². The summed E-state index contributed by atoms with van der Waals surface area (Å²) in [7, 11) is 0. The van der Waals surface area contributed by atoms with Crippen molar-refractivity contribution in [2.45, 2.75) is 6.92 Å². The summed E-state index contributed by atoms with van der Waals surface area (Å²) in [5, 5.41) is 16.4. The zero-order valence-electron chi connectivity index (χ0n) is 14.7. The van der Waals surface area contributed by atoms with Gasteiger partial charge in [-0.15, -0.1) is 0 Å². The molecule has 2 aromatic rings. The minimum atomic E-state index is -0.511. The largest absolute Gasteiger partial charge is 0.463 e. The molecule has 2 rings (SSSR count). The third kappa shape index (κ3) is 6.28. The van der Waals surface area contributed by atoms with Gasteiger partial charge in [0, 0.05) is 17.8 Å². The quantitative estimate of drug-likeness (QED) is 0.320. The van der Waals surface area contributed by atoms with Gasteiger partial charge in [0.2, 0.25) is 5.91 Å². The molecule has 0 spiro atoms.